The maximum absolute atomic E-state index is 13.0. The number of fused-ring (bicyclic) bond motifs is 1. The third-order valence-corrected chi connectivity index (χ3v) is 8.43. The van der Waals surface area contributed by atoms with E-state index >= 15 is 0 Å². The van der Waals surface area contributed by atoms with Crippen LogP contribution in [0.1, 0.15) is 5.82 Å². The quantitative estimate of drug-likeness (QED) is 0.310. The van der Waals surface area contributed by atoms with Crippen molar-refractivity contribution in [3.63, 3.8) is 0 Å². The second-order valence-electron chi connectivity index (χ2n) is 9.26. The van der Waals surface area contributed by atoms with Crippen LogP contribution < -0.4 is 19.3 Å². The molecule has 0 bridgehead atoms. The Morgan fingerprint density at radius 3 is 2.33 bits per heavy atom. The van der Waals surface area contributed by atoms with Gasteiger partial charge in [-0.1, -0.05) is 0 Å². The number of aromatic nitrogens is 3. The molecule has 0 atom stereocenters. The van der Waals surface area contributed by atoms with E-state index in [1.54, 1.807) is 20.3 Å². The lowest BCUT2D eigenvalue weighted by Gasteiger charge is -2.29. The molecule has 1 aliphatic rings. The zero-order chi connectivity index (χ0) is 27.6. The van der Waals surface area contributed by atoms with E-state index in [0.717, 1.165) is 45.4 Å². The second kappa shape index (κ2) is 11.1. The number of benzene rings is 2. The van der Waals surface area contributed by atoms with Gasteiger partial charge in [0.15, 0.2) is 0 Å². The molecule has 0 saturated carbocycles. The van der Waals surface area contributed by atoms with Crippen LogP contribution >= 0.6 is 0 Å². The Morgan fingerprint density at radius 1 is 0.949 bits per heavy atom. The van der Waals surface area contributed by atoms with Crippen LogP contribution in [0.15, 0.2) is 61.1 Å². The van der Waals surface area contributed by atoms with Gasteiger partial charge < -0.3 is 24.0 Å². The highest BCUT2D eigenvalue weighted by atomic mass is 32.2. The predicted molar refractivity (Wildman–Crippen MR) is 150 cm³/mol. The monoisotopic (exact) mass is 552 g/mol. The fourth-order valence-electron chi connectivity index (χ4n) is 4.51. The Bertz CT molecular complexity index is 1540. The molecule has 0 amide bonds. The van der Waals surface area contributed by atoms with Crippen molar-refractivity contribution in [2.24, 2.45) is 0 Å². The van der Waals surface area contributed by atoms with Crippen molar-refractivity contribution < 1.29 is 22.6 Å². The molecule has 0 spiro atoms. The van der Waals surface area contributed by atoms with Crippen LogP contribution in [0.2, 0.25) is 0 Å². The first-order valence-electron chi connectivity index (χ1n) is 12.5. The van der Waals surface area contributed by atoms with Gasteiger partial charge in [0.2, 0.25) is 0 Å². The van der Waals surface area contributed by atoms with Crippen molar-refractivity contribution in [3.8, 4) is 11.5 Å². The molecule has 5 rings (SSSR count). The molecule has 2 aromatic carbocycles. The molecule has 0 N–H and O–H groups in total. The van der Waals surface area contributed by atoms with Gasteiger partial charge in [0.05, 0.1) is 51.4 Å². The number of pyridine rings is 1. The molecule has 12 heteroatoms. The Balaban J connectivity index is 1.62. The van der Waals surface area contributed by atoms with E-state index in [2.05, 4.69) is 20.9 Å². The average Bonchev–Trinajstić information content (AvgIpc) is 3.44. The standard InChI is InChI=1S/C27H32N6O5S/c1-30(2)39(34,35)33-8-7-28-27(33)19-32(22-15-24(36-3)17-25(16-22)37-4)21-5-6-26-20(13-21)14-23(18-29-26)31-9-11-38-12-10-31/h5-8,13-18H,9-12,19H2,1-4H3. The molecular formula is C27H32N6O5S. The van der Waals surface area contributed by atoms with Crippen LogP contribution in [-0.2, 0) is 21.5 Å². The summed E-state index contributed by atoms with van der Waals surface area (Å²) in [4.78, 5) is 13.3. The number of imidazole rings is 1. The first kappa shape index (κ1) is 26.7. The molecule has 39 heavy (non-hydrogen) atoms. The van der Waals surface area contributed by atoms with Crippen LogP contribution in [0.5, 0.6) is 11.5 Å². The van der Waals surface area contributed by atoms with E-state index in [4.69, 9.17) is 14.2 Å². The van der Waals surface area contributed by atoms with Crippen molar-refractivity contribution in [2.75, 3.05) is 64.4 Å². The van der Waals surface area contributed by atoms with Gasteiger partial charge in [-0.2, -0.15) is 12.7 Å². The second-order valence-corrected chi connectivity index (χ2v) is 11.3. The molecule has 4 aromatic rings. The summed E-state index contributed by atoms with van der Waals surface area (Å²) >= 11 is 0. The highest BCUT2D eigenvalue weighted by molar-refractivity contribution is 7.87. The minimum absolute atomic E-state index is 0.165. The predicted octanol–water partition coefficient (Wildman–Crippen LogP) is 3.28. The van der Waals surface area contributed by atoms with Crippen molar-refractivity contribution in [1.82, 2.24) is 18.2 Å². The van der Waals surface area contributed by atoms with E-state index in [-0.39, 0.29) is 6.54 Å². The van der Waals surface area contributed by atoms with Gasteiger partial charge in [-0.3, -0.25) is 4.98 Å². The van der Waals surface area contributed by atoms with Crippen LogP contribution in [-0.4, -0.2) is 81.3 Å². The SMILES string of the molecule is COc1cc(OC)cc(N(Cc2nccn2S(=O)(=O)N(C)C)c2ccc3ncc(N4CCOCC4)cc3c2)c1. The lowest BCUT2D eigenvalue weighted by Crippen LogP contribution is -2.36. The summed E-state index contributed by atoms with van der Waals surface area (Å²) in [5.74, 6) is 1.57. The van der Waals surface area contributed by atoms with Crippen molar-refractivity contribution >= 4 is 38.2 Å². The molecule has 1 saturated heterocycles. The Morgan fingerprint density at radius 2 is 1.67 bits per heavy atom. The van der Waals surface area contributed by atoms with Crippen molar-refractivity contribution in [2.45, 2.75) is 6.54 Å². The molecule has 0 unspecified atom stereocenters. The first-order valence-corrected chi connectivity index (χ1v) is 13.9. The molecule has 2 aromatic heterocycles. The van der Waals surface area contributed by atoms with E-state index in [1.807, 2.05) is 41.4 Å². The van der Waals surface area contributed by atoms with Crippen LogP contribution in [0, 0.1) is 0 Å². The minimum atomic E-state index is -3.77. The molecule has 0 radical (unpaired) electrons. The van der Waals surface area contributed by atoms with Crippen LogP contribution in [0.3, 0.4) is 0 Å². The van der Waals surface area contributed by atoms with Gasteiger partial charge in [0.1, 0.15) is 17.3 Å². The summed E-state index contributed by atoms with van der Waals surface area (Å²) in [6.07, 6.45) is 4.83. The molecule has 206 valence electrons. The molecular weight excluding hydrogens is 520 g/mol. The number of hydrogen-bond acceptors (Lipinski definition) is 9. The molecule has 1 fully saturated rings. The highest BCUT2D eigenvalue weighted by Crippen LogP contribution is 2.36. The molecule has 11 nitrogen and oxygen atoms in total. The number of nitrogens with zero attached hydrogens (tertiary/aromatic N) is 6. The molecule has 1 aliphatic heterocycles. The third kappa shape index (κ3) is 5.49. The van der Waals surface area contributed by atoms with Gasteiger partial charge in [0, 0.05) is 74.5 Å². The summed E-state index contributed by atoms with van der Waals surface area (Å²) in [5, 5.41) is 0.959. The van der Waals surface area contributed by atoms with E-state index in [1.165, 1.54) is 30.5 Å². The number of anilines is 3. The average molecular weight is 553 g/mol. The number of morpholine rings is 1. The smallest absolute Gasteiger partial charge is 0.308 e. The van der Waals surface area contributed by atoms with E-state index < -0.39 is 10.2 Å². The van der Waals surface area contributed by atoms with Gasteiger partial charge in [0.25, 0.3) is 0 Å². The molecule has 0 aliphatic carbocycles. The highest BCUT2D eigenvalue weighted by Gasteiger charge is 2.23. The van der Waals surface area contributed by atoms with Gasteiger partial charge in [-0.25, -0.2) is 8.96 Å². The summed E-state index contributed by atoms with van der Waals surface area (Å²) in [7, 11) is 2.40. The van der Waals surface area contributed by atoms with Gasteiger partial charge in [-0.15, -0.1) is 0 Å². The number of hydrogen-bond donors (Lipinski definition) is 0. The van der Waals surface area contributed by atoms with Crippen molar-refractivity contribution in [1.29, 1.82) is 0 Å². The van der Waals surface area contributed by atoms with Crippen molar-refractivity contribution in [3.05, 3.63) is 66.9 Å². The van der Waals surface area contributed by atoms with E-state index in [9.17, 15) is 8.42 Å². The minimum Gasteiger partial charge on any atom is -0.497 e. The Labute approximate surface area is 228 Å². The summed E-state index contributed by atoms with van der Waals surface area (Å²) in [5.41, 5.74) is 3.47. The number of methoxy groups -OCH3 is 2. The Hall–Kier alpha value is -3.87. The third-order valence-electron chi connectivity index (χ3n) is 6.68. The van der Waals surface area contributed by atoms with Crippen LogP contribution in [0.4, 0.5) is 17.1 Å². The maximum Gasteiger partial charge on any atom is 0.308 e. The summed E-state index contributed by atoms with van der Waals surface area (Å²) in [6, 6.07) is 13.6. The Kier molecular flexibility index (Phi) is 7.60. The van der Waals surface area contributed by atoms with Crippen LogP contribution in [0.25, 0.3) is 10.9 Å². The van der Waals surface area contributed by atoms with Gasteiger partial charge in [-0.05, 0) is 24.3 Å². The zero-order valence-electron chi connectivity index (χ0n) is 22.4. The van der Waals surface area contributed by atoms with E-state index in [0.29, 0.717) is 30.5 Å². The number of rotatable bonds is 9. The summed E-state index contributed by atoms with van der Waals surface area (Å²) in [6.45, 7) is 3.16. The largest absolute Gasteiger partial charge is 0.497 e. The molecule has 3 heterocycles. The lowest BCUT2D eigenvalue weighted by atomic mass is 10.1. The lowest BCUT2D eigenvalue weighted by molar-refractivity contribution is 0.122. The topological polar surface area (TPSA) is 102 Å². The zero-order valence-corrected chi connectivity index (χ0v) is 23.3. The first-order chi connectivity index (χ1) is 18.8. The fraction of sp³-hybridized carbons (Fsp3) is 0.333. The summed E-state index contributed by atoms with van der Waals surface area (Å²) < 4.78 is 44.9. The maximum atomic E-state index is 13.0. The normalized spacial score (nSPS) is 14.1. The number of ether oxygens (including phenoxy) is 3. The fourth-order valence-corrected chi connectivity index (χ4v) is 5.44. The van der Waals surface area contributed by atoms with Gasteiger partial charge >= 0.3 is 10.2 Å².